The van der Waals surface area contributed by atoms with Gasteiger partial charge in [0.2, 0.25) is 0 Å². The average Bonchev–Trinajstić information content (AvgIpc) is 2.47. The topological polar surface area (TPSA) is 49.3 Å². The smallest absolute Gasteiger partial charge is 0.312 e. The monoisotopic (exact) mass is 197 g/mol. The summed E-state index contributed by atoms with van der Waals surface area (Å²) in [5.41, 5.74) is 0.593. The van der Waals surface area contributed by atoms with Gasteiger partial charge in [0.25, 0.3) is 0 Å². The Kier molecular flexibility index (Phi) is 2.09. The summed E-state index contributed by atoms with van der Waals surface area (Å²) < 4.78 is 0. The molecule has 0 bridgehead atoms. The molecular weight excluding hydrogens is 186 g/mol. The van der Waals surface area contributed by atoms with Crippen LogP contribution in [0.4, 0.5) is 0 Å². The maximum atomic E-state index is 11.0. The predicted molar refractivity (Wildman–Crippen MR) is 51.0 cm³/mol. The van der Waals surface area contributed by atoms with E-state index in [9.17, 15) is 4.79 Å². The minimum Gasteiger partial charge on any atom is -0.481 e. The largest absolute Gasteiger partial charge is 0.481 e. The molecular formula is C9H11NO2S. The van der Waals surface area contributed by atoms with Gasteiger partial charge in [0.1, 0.15) is 0 Å². The van der Waals surface area contributed by atoms with Crippen LogP contribution in [0.2, 0.25) is 0 Å². The van der Waals surface area contributed by atoms with E-state index in [1.807, 2.05) is 16.8 Å². The normalized spacial score (nSPS) is 19.4. The Balaban J connectivity index is 2.11. The molecule has 0 spiro atoms. The van der Waals surface area contributed by atoms with Crippen LogP contribution in [0.15, 0.2) is 16.8 Å². The van der Waals surface area contributed by atoms with Crippen LogP contribution >= 0.6 is 11.3 Å². The molecule has 4 heteroatoms. The molecule has 13 heavy (non-hydrogen) atoms. The molecule has 1 aliphatic rings. The molecule has 1 aromatic rings. The predicted octanol–water partition coefficient (Wildman–Crippen LogP) is 0.965. The van der Waals surface area contributed by atoms with Crippen molar-refractivity contribution in [3.8, 4) is 0 Å². The van der Waals surface area contributed by atoms with E-state index in [-0.39, 0.29) is 0 Å². The van der Waals surface area contributed by atoms with Crippen LogP contribution in [0.25, 0.3) is 0 Å². The first kappa shape index (κ1) is 8.72. The fourth-order valence-corrected chi connectivity index (χ4v) is 2.23. The first-order valence-corrected chi connectivity index (χ1v) is 5.12. The van der Waals surface area contributed by atoms with Crippen molar-refractivity contribution in [2.24, 2.45) is 5.41 Å². The number of thiophene rings is 1. The van der Waals surface area contributed by atoms with Gasteiger partial charge in [-0.05, 0) is 28.8 Å². The molecule has 0 aromatic carbocycles. The van der Waals surface area contributed by atoms with E-state index < -0.39 is 11.4 Å². The Hall–Kier alpha value is -0.870. The zero-order valence-corrected chi connectivity index (χ0v) is 7.93. The van der Waals surface area contributed by atoms with E-state index in [4.69, 9.17) is 5.11 Å². The first-order chi connectivity index (χ1) is 6.23. The third kappa shape index (κ3) is 1.47. The summed E-state index contributed by atoms with van der Waals surface area (Å²) in [6.45, 7) is 1.19. The highest BCUT2D eigenvalue weighted by Crippen LogP contribution is 2.28. The lowest BCUT2D eigenvalue weighted by molar-refractivity contribution is -0.152. The fourth-order valence-electron chi connectivity index (χ4n) is 1.56. The number of rotatable bonds is 3. The van der Waals surface area contributed by atoms with E-state index >= 15 is 0 Å². The molecule has 0 amide bonds. The summed E-state index contributed by atoms with van der Waals surface area (Å²) in [7, 11) is 0. The van der Waals surface area contributed by atoms with Gasteiger partial charge >= 0.3 is 5.97 Å². The number of carbonyl (C=O) groups is 1. The summed E-state index contributed by atoms with van der Waals surface area (Å²) in [6, 6.07) is 1.99. The van der Waals surface area contributed by atoms with Crippen molar-refractivity contribution in [2.75, 3.05) is 13.1 Å². The van der Waals surface area contributed by atoms with Crippen molar-refractivity contribution in [1.82, 2.24) is 5.32 Å². The van der Waals surface area contributed by atoms with E-state index in [0.29, 0.717) is 19.5 Å². The van der Waals surface area contributed by atoms with Crippen molar-refractivity contribution < 1.29 is 9.90 Å². The third-order valence-corrected chi connectivity index (χ3v) is 3.24. The molecule has 1 saturated heterocycles. The molecule has 1 aromatic heterocycles. The number of hydrogen-bond donors (Lipinski definition) is 2. The van der Waals surface area contributed by atoms with Crippen LogP contribution < -0.4 is 5.32 Å². The second-order valence-corrected chi connectivity index (χ2v) is 4.28. The maximum absolute atomic E-state index is 11.0. The lowest BCUT2D eigenvalue weighted by atomic mass is 9.77. The molecule has 0 aliphatic carbocycles. The highest BCUT2D eigenvalue weighted by Gasteiger charge is 2.44. The Morgan fingerprint density at radius 2 is 2.46 bits per heavy atom. The van der Waals surface area contributed by atoms with Crippen LogP contribution in [0.1, 0.15) is 5.56 Å². The van der Waals surface area contributed by atoms with E-state index in [2.05, 4.69) is 5.32 Å². The minimum atomic E-state index is -0.683. The van der Waals surface area contributed by atoms with Gasteiger partial charge in [-0.25, -0.2) is 0 Å². The summed E-state index contributed by atoms with van der Waals surface area (Å²) in [6.07, 6.45) is 0.652. The number of aliphatic carboxylic acids is 1. The van der Waals surface area contributed by atoms with Gasteiger partial charge in [0, 0.05) is 13.1 Å². The van der Waals surface area contributed by atoms with Crippen molar-refractivity contribution in [3.63, 3.8) is 0 Å². The number of hydrogen-bond acceptors (Lipinski definition) is 3. The van der Waals surface area contributed by atoms with Crippen molar-refractivity contribution in [3.05, 3.63) is 22.4 Å². The molecule has 0 saturated carbocycles. The summed E-state index contributed by atoms with van der Waals surface area (Å²) in [5.74, 6) is -0.683. The molecule has 3 nitrogen and oxygen atoms in total. The van der Waals surface area contributed by atoms with Crippen LogP contribution in [0.5, 0.6) is 0 Å². The van der Waals surface area contributed by atoms with E-state index in [1.165, 1.54) is 0 Å². The van der Waals surface area contributed by atoms with Gasteiger partial charge in [-0.15, -0.1) is 0 Å². The molecule has 2 rings (SSSR count). The third-order valence-electron chi connectivity index (χ3n) is 2.50. The first-order valence-electron chi connectivity index (χ1n) is 4.18. The fraction of sp³-hybridized carbons (Fsp3) is 0.444. The second kappa shape index (κ2) is 3.12. The quantitative estimate of drug-likeness (QED) is 0.759. The van der Waals surface area contributed by atoms with Gasteiger partial charge in [0.05, 0.1) is 5.41 Å². The molecule has 1 fully saturated rings. The molecule has 0 unspecified atom stereocenters. The van der Waals surface area contributed by atoms with Gasteiger partial charge in [-0.3, -0.25) is 4.79 Å². The van der Waals surface area contributed by atoms with Crippen LogP contribution in [0, 0.1) is 5.41 Å². The van der Waals surface area contributed by atoms with E-state index in [1.54, 1.807) is 11.3 Å². The van der Waals surface area contributed by atoms with Crippen molar-refractivity contribution in [1.29, 1.82) is 0 Å². The van der Waals surface area contributed by atoms with Gasteiger partial charge < -0.3 is 10.4 Å². The molecule has 2 N–H and O–H groups in total. The summed E-state index contributed by atoms with van der Waals surface area (Å²) in [5, 5.41) is 16.1. The molecule has 1 aliphatic heterocycles. The van der Waals surface area contributed by atoms with Crippen LogP contribution in [-0.4, -0.2) is 24.2 Å². The number of nitrogens with one attached hydrogen (secondary N) is 1. The SMILES string of the molecule is O=C(O)C1(Cc2ccsc2)CNC1. The van der Waals surface area contributed by atoms with Crippen molar-refractivity contribution >= 4 is 17.3 Å². The zero-order chi connectivity index (χ0) is 9.31. The highest BCUT2D eigenvalue weighted by molar-refractivity contribution is 7.07. The van der Waals surface area contributed by atoms with E-state index in [0.717, 1.165) is 5.56 Å². The molecule has 70 valence electrons. The highest BCUT2D eigenvalue weighted by atomic mass is 32.1. The van der Waals surface area contributed by atoms with Gasteiger partial charge in [-0.2, -0.15) is 11.3 Å². The second-order valence-electron chi connectivity index (χ2n) is 3.50. The molecule has 0 atom stereocenters. The molecule has 2 heterocycles. The Morgan fingerprint density at radius 3 is 2.85 bits per heavy atom. The summed E-state index contributed by atoms with van der Waals surface area (Å²) >= 11 is 1.61. The Bertz CT molecular complexity index is 303. The van der Waals surface area contributed by atoms with Crippen LogP contribution in [0.3, 0.4) is 0 Å². The lowest BCUT2D eigenvalue weighted by Gasteiger charge is -2.38. The number of carboxylic acid groups (broad SMARTS) is 1. The molecule has 0 radical (unpaired) electrons. The zero-order valence-electron chi connectivity index (χ0n) is 7.12. The Labute approximate surface area is 80.4 Å². The summed E-state index contributed by atoms with van der Waals surface area (Å²) in [4.78, 5) is 11.0. The maximum Gasteiger partial charge on any atom is 0.312 e. The van der Waals surface area contributed by atoms with Gasteiger partial charge in [0.15, 0.2) is 0 Å². The average molecular weight is 197 g/mol. The minimum absolute atomic E-state index is 0.541. The lowest BCUT2D eigenvalue weighted by Crippen LogP contribution is -2.59. The Morgan fingerprint density at radius 1 is 1.69 bits per heavy atom. The standard InChI is InChI=1S/C9H11NO2S/c11-8(12)9(5-10-6-9)3-7-1-2-13-4-7/h1-2,4,10H,3,5-6H2,(H,11,12). The van der Waals surface area contributed by atoms with Crippen LogP contribution in [-0.2, 0) is 11.2 Å². The number of carboxylic acids is 1. The van der Waals surface area contributed by atoms with Crippen molar-refractivity contribution in [2.45, 2.75) is 6.42 Å². The van der Waals surface area contributed by atoms with Gasteiger partial charge in [-0.1, -0.05) is 0 Å².